The fourth-order valence-electron chi connectivity index (χ4n) is 5.39. The van der Waals surface area contributed by atoms with Crippen LogP contribution in [0.5, 0.6) is 11.9 Å². The minimum Gasteiger partial charge on any atom is -0.465 e. The first-order chi connectivity index (χ1) is 20.7. The summed E-state index contributed by atoms with van der Waals surface area (Å²) in [6.07, 6.45) is 31.5. The standard InChI is InChI=1S/C37H62O5/c1-3-5-7-9-11-13-15-17-19-21-23-25-31-39-35-29-27-33(41-35)37(38)34-28-30-36(42-34)40-32-26-24-22-20-18-16-14-12-10-8-6-4-2/h27-30H,3-26,31-32H2,1-2H3. The van der Waals surface area contributed by atoms with Crippen LogP contribution in [0.15, 0.2) is 33.1 Å². The third kappa shape index (κ3) is 17.7. The molecule has 0 unspecified atom stereocenters. The second-order valence-electron chi connectivity index (χ2n) is 12.0. The Morgan fingerprint density at radius 2 is 0.738 bits per heavy atom. The van der Waals surface area contributed by atoms with Crippen LogP contribution in [-0.4, -0.2) is 19.0 Å². The Kier molecular flexibility index (Phi) is 21.7. The maximum Gasteiger partial charge on any atom is 0.284 e. The largest absolute Gasteiger partial charge is 0.465 e. The average Bonchev–Trinajstić information content (AvgIpc) is 3.68. The van der Waals surface area contributed by atoms with Crippen LogP contribution in [-0.2, 0) is 0 Å². The summed E-state index contributed by atoms with van der Waals surface area (Å²) in [4.78, 5) is 12.8. The minimum absolute atomic E-state index is 0.224. The zero-order valence-corrected chi connectivity index (χ0v) is 27.2. The SMILES string of the molecule is CCCCCCCCCCCCCCOc1ccc(C(=O)c2ccc(OCCCCCCCCCCCCCC)o2)o1. The predicted octanol–water partition coefficient (Wildman–Crippen LogP) is 12.3. The topological polar surface area (TPSA) is 61.8 Å². The summed E-state index contributed by atoms with van der Waals surface area (Å²) in [6, 6.07) is 6.72. The molecule has 5 nitrogen and oxygen atoms in total. The highest BCUT2D eigenvalue weighted by Gasteiger charge is 2.18. The van der Waals surface area contributed by atoms with Gasteiger partial charge in [0.25, 0.3) is 17.7 Å². The van der Waals surface area contributed by atoms with E-state index in [0.717, 1.165) is 25.7 Å². The average molecular weight is 587 g/mol. The van der Waals surface area contributed by atoms with Crippen molar-refractivity contribution in [1.29, 1.82) is 0 Å². The molecule has 0 aliphatic heterocycles. The second kappa shape index (κ2) is 25.3. The monoisotopic (exact) mass is 586 g/mol. The summed E-state index contributed by atoms with van der Waals surface area (Å²) in [5.74, 6) is 0.923. The summed E-state index contributed by atoms with van der Waals surface area (Å²) in [6.45, 7) is 5.75. The number of hydrogen-bond acceptors (Lipinski definition) is 5. The van der Waals surface area contributed by atoms with Crippen molar-refractivity contribution in [3.05, 3.63) is 35.8 Å². The maximum absolute atomic E-state index is 12.8. The van der Waals surface area contributed by atoms with E-state index in [1.807, 2.05) is 0 Å². The van der Waals surface area contributed by atoms with E-state index < -0.39 is 0 Å². The van der Waals surface area contributed by atoms with Gasteiger partial charge in [-0.3, -0.25) is 4.79 Å². The van der Waals surface area contributed by atoms with Gasteiger partial charge < -0.3 is 18.3 Å². The van der Waals surface area contributed by atoms with Gasteiger partial charge in [0.15, 0.2) is 11.5 Å². The molecule has 0 radical (unpaired) electrons. The van der Waals surface area contributed by atoms with Gasteiger partial charge in [-0.25, -0.2) is 0 Å². The van der Waals surface area contributed by atoms with Crippen molar-refractivity contribution in [2.45, 2.75) is 168 Å². The fraction of sp³-hybridized carbons (Fsp3) is 0.757. The number of carbonyl (C=O) groups excluding carboxylic acids is 1. The highest BCUT2D eigenvalue weighted by atomic mass is 16.6. The zero-order valence-electron chi connectivity index (χ0n) is 27.2. The van der Waals surface area contributed by atoms with Gasteiger partial charge in [-0.2, -0.15) is 0 Å². The molecule has 0 bridgehead atoms. The first-order valence-electron chi connectivity index (χ1n) is 17.7. The van der Waals surface area contributed by atoms with Crippen LogP contribution in [0.2, 0.25) is 0 Å². The minimum atomic E-state index is -0.296. The number of rotatable bonds is 30. The van der Waals surface area contributed by atoms with E-state index in [9.17, 15) is 4.79 Å². The molecule has 0 aromatic carbocycles. The number of hydrogen-bond donors (Lipinski definition) is 0. The van der Waals surface area contributed by atoms with E-state index in [1.54, 1.807) is 24.3 Å². The van der Waals surface area contributed by atoms with Crippen LogP contribution in [0.1, 0.15) is 184 Å². The molecule has 2 aromatic heterocycles. The molecule has 5 heteroatoms. The van der Waals surface area contributed by atoms with Gasteiger partial charge in [-0.1, -0.05) is 155 Å². The second-order valence-corrected chi connectivity index (χ2v) is 12.0. The zero-order chi connectivity index (χ0) is 29.9. The van der Waals surface area contributed by atoms with Crippen molar-refractivity contribution < 1.29 is 23.1 Å². The first kappa shape index (κ1) is 36.0. The first-order valence-corrected chi connectivity index (χ1v) is 17.7. The van der Waals surface area contributed by atoms with E-state index in [-0.39, 0.29) is 17.3 Å². The Hall–Kier alpha value is -2.17. The van der Waals surface area contributed by atoms with Crippen LogP contribution < -0.4 is 9.47 Å². The number of unbranched alkanes of at least 4 members (excludes halogenated alkanes) is 22. The fourth-order valence-corrected chi connectivity index (χ4v) is 5.39. The Balaban J connectivity index is 1.46. The van der Waals surface area contributed by atoms with E-state index in [1.165, 1.54) is 128 Å². The lowest BCUT2D eigenvalue weighted by atomic mass is 10.1. The van der Waals surface area contributed by atoms with Crippen molar-refractivity contribution in [3.8, 4) is 11.9 Å². The molecule has 0 saturated heterocycles. The Morgan fingerprint density at radius 3 is 1.05 bits per heavy atom. The molecule has 0 aliphatic carbocycles. The molecule has 2 aromatic rings. The van der Waals surface area contributed by atoms with E-state index >= 15 is 0 Å². The van der Waals surface area contributed by atoms with Gasteiger partial charge in [0.2, 0.25) is 0 Å². The van der Waals surface area contributed by atoms with E-state index in [2.05, 4.69) is 13.8 Å². The van der Waals surface area contributed by atoms with Crippen LogP contribution in [0, 0.1) is 0 Å². The van der Waals surface area contributed by atoms with Crippen LogP contribution in [0.25, 0.3) is 0 Å². The third-order valence-electron chi connectivity index (χ3n) is 8.09. The number of ether oxygens (including phenoxy) is 2. The van der Waals surface area contributed by atoms with E-state index in [0.29, 0.717) is 25.1 Å². The summed E-state index contributed by atoms with van der Waals surface area (Å²) >= 11 is 0. The normalized spacial score (nSPS) is 11.3. The number of carbonyl (C=O) groups is 1. The van der Waals surface area contributed by atoms with E-state index in [4.69, 9.17) is 18.3 Å². The molecule has 42 heavy (non-hydrogen) atoms. The summed E-state index contributed by atoms with van der Waals surface area (Å²) in [5.41, 5.74) is 0. The molecule has 2 heterocycles. The molecule has 0 N–H and O–H groups in total. The molecule has 2 rings (SSSR count). The number of furan rings is 2. The van der Waals surface area contributed by atoms with Gasteiger partial charge >= 0.3 is 0 Å². The van der Waals surface area contributed by atoms with Crippen molar-refractivity contribution in [2.75, 3.05) is 13.2 Å². The maximum atomic E-state index is 12.8. The van der Waals surface area contributed by atoms with Crippen LogP contribution >= 0.6 is 0 Å². The molecule has 240 valence electrons. The van der Waals surface area contributed by atoms with Crippen molar-refractivity contribution in [1.82, 2.24) is 0 Å². The van der Waals surface area contributed by atoms with Crippen LogP contribution in [0.4, 0.5) is 0 Å². The molecule has 0 spiro atoms. The van der Waals surface area contributed by atoms with Gasteiger partial charge in [-0.15, -0.1) is 0 Å². The summed E-state index contributed by atoms with van der Waals surface area (Å²) < 4.78 is 22.7. The van der Waals surface area contributed by atoms with Crippen molar-refractivity contribution in [3.63, 3.8) is 0 Å². The molecule has 0 aliphatic rings. The summed E-state index contributed by atoms with van der Waals surface area (Å²) in [7, 11) is 0. The molecular formula is C37H62O5. The lowest BCUT2D eigenvalue weighted by molar-refractivity contribution is 0.0965. The van der Waals surface area contributed by atoms with Crippen molar-refractivity contribution in [2.24, 2.45) is 0 Å². The quantitative estimate of drug-likeness (QED) is 0.0673. The molecular weight excluding hydrogens is 524 g/mol. The highest BCUT2D eigenvalue weighted by Crippen LogP contribution is 2.23. The lowest BCUT2D eigenvalue weighted by Gasteiger charge is -2.04. The van der Waals surface area contributed by atoms with Gasteiger partial charge in [0, 0.05) is 12.1 Å². The third-order valence-corrected chi connectivity index (χ3v) is 8.09. The van der Waals surface area contributed by atoms with Crippen molar-refractivity contribution >= 4 is 5.78 Å². The van der Waals surface area contributed by atoms with Gasteiger partial charge in [-0.05, 0) is 25.0 Å². The molecule has 0 atom stereocenters. The Morgan fingerprint density at radius 1 is 0.452 bits per heavy atom. The molecule has 0 fully saturated rings. The van der Waals surface area contributed by atoms with Gasteiger partial charge in [0.05, 0.1) is 13.2 Å². The van der Waals surface area contributed by atoms with Gasteiger partial charge in [0.1, 0.15) is 0 Å². The lowest BCUT2D eigenvalue weighted by Crippen LogP contribution is -1.99. The summed E-state index contributed by atoms with van der Waals surface area (Å²) in [5, 5.41) is 0. The molecule has 0 saturated carbocycles. The predicted molar refractivity (Wildman–Crippen MR) is 174 cm³/mol. The van der Waals surface area contributed by atoms with Crippen LogP contribution in [0.3, 0.4) is 0 Å². The molecule has 0 amide bonds. The Labute approximate surface area is 257 Å². The highest BCUT2D eigenvalue weighted by molar-refractivity contribution is 6.05. The Bertz CT molecular complexity index is 812. The smallest absolute Gasteiger partial charge is 0.284 e. The number of ketones is 1.